The highest BCUT2D eigenvalue weighted by atomic mass is 32.1. The number of benzene rings is 1. The Hall–Kier alpha value is -2.58. The van der Waals surface area contributed by atoms with Crippen molar-refractivity contribution in [2.24, 2.45) is 0 Å². The minimum absolute atomic E-state index is 0.0980. The number of fused-ring (bicyclic) bond motifs is 1. The maximum atomic E-state index is 13.1. The minimum Gasteiger partial charge on any atom is -0.372 e. The number of aromatic nitrogens is 3. The first-order valence-electron chi connectivity index (χ1n) is 11.4. The Labute approximate surface area is 192 Å². The summed E-state index contributed by atoms with van der Waals surface area (Å²) in [6.07, 6.45) is 5.15. The number of hydrogen-bond acceptors (Lipinski definition) is 8. The summed E-state index contributed by atoms with van der Waals surface area (Å²) in [5, 5.41) is 0.881. The van der Waals surface area contributed by atoms with Crippen LogP contribution in [-0.2, 0) is 16.0 Å². The topological polar surface area (TPSA) is 71.5 Å². The van der Waals surface area contributed by atoms with E-state index in [1.807, 2.05) is 18.2 Å². The van der Waals surface area contributed by atoms with Crippen LogP contribution in [0.4, 0.5) is 10.9 Å². The van der Waals surface area contributed by atoms with Crippen molar-refractivity contribution in [2.75, 3.05) is 29.4 Å². The number of hydrogen-bond donors (Lipinski definition) is 0. The van der Waals surface area contributed by atoms with Gasteiger partial charge in [-0.05, 0) is 38.7 Å². The second kappa shape index (κ2) is 9.11. The summed E-state index contributed by atoms with van der Waals surface area (Å²) in [5.41, 5.74) is 1.92. The molecule has 2 aliphatic heterocycles. The fourth-order valence-corrected chi connectivity index (χ4v) is 5.95. The minimum atomic E-state index is -0.0980. The average Bonchev–Trinajstić information content (AvgIpc) is 3.44. The summed E-state index contributed by atoms with van der Waals surface area (Å²) >= 11 is 1.61. The van der Waals surface area contributed by atoms with E-state index in [1.165, 1.54) is 5.56 Å². The number of ether oxygens (including phenoxy) is 1. The number of thiazole rings is 1. The molecule has 0 amide bonds. The number of rotatable bonds is 6. The highest BCUT2D eigenvalue weighted by Crippen LogP contribution is 2.37. The van der Waals surface area contributed by atoms with Crippen molar-refractivity contribution in [3.8, 4) is 0 Å². The first-order chi connectivity index (χ1) is 15.6. The Bertz CT molecular complexity index is 1080. The molecule has 8 heteroatoms. The fourth-order valence-electron chi connectivity index (χ4n) is 4.84. The number of anilines is 2. The van der Waals surface area contributed by atoms with Gasteiger partial charge in [0.25, 0.3) is 0 Å². The van der Waals surface area contributed by atoms with Crippen LogP contribution < -0.4 is 9.80 Å². The summed E-state index contributed by atoms with van der Waals surface area (Å²) in [4.78, 5) is 31.4. The molecule has 3 atom stereocenters. The van der Waals surface area contributed by atoms with E-state index in [0.717, 1.165) is 54.5 Å². The predicted octanol–water partition coefficient (Wildman–Crippen LogP) is 3.87. The standard InChI is InChI=1S/C24H29N5O2S/c1-16-13-28(14-17(2)31-16)23-21-22(25-15-26-23)27-24(32-21)29-12-6-9-19(29)20(30)11-10-18-7-4-3-5-8-18/h3-5,7-8,15-17,19H,6,9-14H2,1-2H3/t16-,17+,19-/m1/s1. The molecule has 32 heavy (non-hydrogen) atoms. The number of Topliss-reactive ketones (excluding diaryl/α,β-unsaturated/α-hetero) is 1. The summed E-state index contributed by atoms with van der Waals surface area (Å²) < 4.78 is 6.88. The van der Waals surface area contributed by atoms with Crippen LogP contribution in [0.15, 0.2) is 36.7 Å². The SMILES string of the molecule is C[C@@H]1CN(c2ncnc3nc(N4CCC[C@@H]4C(=O)CCc4ccccc4)sc23)C[C@H](C)O1. The Kier molecular flexibility index (Phi) is 6.06. The van der Waals surface area contributed by atoms with E-state index in [4.69, 9.17) is 9.72 Å². The van der Waals surface area contributed by atoms with Crippen molar-refractivity contribution in [1.82, 2.24) is 15.0 Å². The lowest BCUT2D eigenvalue weighted by atomic mass is 10.0. The molecule has 7 nitrogen and oxygen atoms in total. The quantitative estimate of drug-likeness (QED) is 0.563. The molecule has 0 unspecified atom stereocenters. The van der Waals surface area contributed by atoms with Crippen LogP contribution in [0.3, 0.4) is 0 Å². The largest absolute Gasteiger partial charge is 0.372 e. The van der Waals surface area contributed by atoms with Gasteiger partial charge in [0, 0.05) is 26.1 Å². The van der Waals surface area contributed by atoms with Crippen molar-refractivity contribution in [1.29, 1.82) is 0 Å². The van der Waals surface area contributed by atoms with Crippen molar-refractivity contribution in [3.63, 3.8) is 0 Å². The smallest absolute Gasteiger partial charge is 0.188 e. The van der Waals surface area contributed by atoms with E-state index < -0.39 is 0 Å². The summed E-state index contributed by atoms with van der Waals surface area (Å²) in [5.74, 6) is 1.22. The summed E-state index contributed by atoms with van der Waals surface area (Å²) in [6.45, 7) is 6.64. The first kappa shape index (κ1) is 21.3. The third kappa shape index (κ3) is 4.34. The van der Waals surface area contributed by atoms with Crippen LogP contribution in [0.2, 0.25) is 0 Å². The first-order valence-corrected chi connectivity index (χ1v) is 12.3. The fraction of sp³-hybridized carbons (Fsp3) is 0.500. The monoisotopic (exact) mass is 451 g/mol. The molecule has 0 radical (unpaired) electrons. The normalized spacial score (nSPS) is 23.8. The summed E-state index contributed by atoms with van der Waals surface area (Å²) in [6, 6.07) is 10.1. The van der Waals surface area contributed by atoms with Crippen molar-refractivity contribution in [3.05, 3.63) is 42.2 Å². The highest BCUT2D eigenvalue weighted by molar-refractivity contribution is 7.22. The molecule has 2 saturated heterocycles. The molecule has 4 heterocycles. The molecule has 0 spiro atoms. The van der Waals surface area contributed by atoms with Gasteiger partial charge in [0.15, 0.2) is 22.4 Å². The van der Waals surface area contributed by atoms with E-state index >= 15 is 0 Å². The molecule has 0 N–H and O–H groups in total. The third-order valence-corrected chi connectivity index (χ3v) is 7.33. The second-order valence-electron chi connectivity index (χ2n) is 8.81. The van der Waals surface area contributed by atoms with Gasteiger partial charge in [-0.25, -0.2) is 9.97 Å². The van der Waals surface area contributed by atoms with Gasteiger partial charge >= 0.3 is 0 Å². The van der Waals surface area contributed by atoms with E-state index in [-0.39, 0.29) is 18.2 Å². The van der Waals surface area contributed by atoms with Crippen LogP contribution in [-0.4, -0.2) is 58.6 Å². The van der Waals surface area contributed by atoms with Gasteiger partial charge in [-0.2, -0.15) is 4.98 Å². The van der Waals surface area contributed by atoms with Crippen molar-refractivity contribution >= 4 is 38.4 Å². The van der Waals surface area contributed by atoms with Gasteiger partial charge in [0.1, 0.15) is 11.0 Å². The maximum absolute atomic E-state index is 13.1. The molecule has 2 aliphatic rings. The Morgan fingerprint density at radius 1 is 1.16 bits per heavy atom. The molecule has 5 rings (SSSR count). The third-order valence-electron chi connectivity index (χ3n) is 6.25. The Balaban J connectivity index is 1.36. The highest BCUT2D eigenvalue weighted by Gasteiger charge is 2.33. The number of nitrogens with zero attached hydrogens (tertiary/aromatic N) is 5. The van der Waals surface area contributed by atoms with Gasteiger partial charge in [0.05, 0.1) is 18.2 Å². The maximum Gasteiger partial charge on any atom is 0.188 e. The summed E-state index contributed by atoms with van der Waals surface area (Å²) in [7, 11) is 0. The van der Waals surface area contributed by atoms with Crippen LogP contribution in [0, 0.1) is 0 Å². The van der Waals surface area contributed by atoms with Crippen LogP contribution in [0.25, 0.3) is 10.3 Å². The van der Waals surface area contributed by atoms with Crippen LogP contribution in [0.5, 0.6) is 0 Å². The van der Waals surface area contributed by atoms with Gasteiger partial charge in [-0.15, -0.1) is 0 Å². The van der Waals surface area contributed by atoms with E-state index in [2.05, 4.69) is 45.7 Å². The van der Waals surface area contributed by atoms with Gasteiger partial charge in [-0.3, -0.25) is 4.79 Å². The molecular weight excluding hydrogens is 422 g/mol. The van der Waals surface area contributed by atoms with E-state index in [0.29, 0.717) is 17.9 Å². The number of morpholine rings is 1. The molecular formula is C24H29N5O2S. The molecule has 2 fully saturated rings. The zero-order valence-corrected chi connectivity index (χ0v) is 19.4. The molecule has 3 aromatic rings. The lowest BCUT2D eigenvalue weighted by Crippen LogP contribution is -2.45. The van der Waals surface area contributed by atoms with Crippen LogP contribution in [0.1, 0.15) is 38.7 Å². The average molecular weight is 452 g/mol. The van der Waals surface area contributed by atoms with Crippen LogP contribution >= 0.6 is 11.3 Å². The zero-order valence-electron chi connectivity index (χ0n) is 18.6. The number of aryl methyl sites for hydroxylation is 1. The lowest BCUT2D eigenvalue weighted by molar-refractivity contribution is -0.120. The molecule has 2 aromatic heterocycles. The predicted molar refractivity (Wildman–Crippen MR) is 128 cm³/mol. The lowest BCUT2D eigenvalue weighted by Gasteiger charge is -2.36. The van der Waals surface area contributed by atoms with Crippen molar-refractivity contribution in [2.45, 2.75) is 57.8 Å². The van der Waals surface area contributed by atoms with E-state index in [9.17, 15) is 4.79 Å². The van der Waals surface area contributed by atoms with Gasteiger partial charge < -0.3 is 14.5 Å². The molecule has 1 aromatic carbocycles. The van der Waals surface area contributed by atoms with E-state index in [1.54, 1.807) is 17.7 Å². The molecule has 0 bridgehead atoms. The second-order valence-corrected chi connectivity index (χ2v) is 9.79. The van der Waals surface area contributed by atoms with Crippen molar-refractivity contribution < 1.29 is 9.53 Å². The molecule has 168 valence electrons. The number of ketones is 1. The van der Waals surface area contributed by atoms with Gasteiger partial charge in [0.2, 0.25) is 0 Å². The molecule has 0 aliphatic carbocycles. The number of carbonyl (C=O) groups is 1. The Morgan fingerprint density at radius 2 is 1.94 bits per heavy atom. The Morgan fingerprint density at radius 3 is 2.72 bits per heavy atom. The number of carbonyl (C=O) groups excluding carboxylic acids is 1. The zero-order chi connectivity index (χ0) is 22.1. The van der Waals surface area contributed by atoms with Gasteiger partial charge in [-0.1, -0.05) is 41.7 Å². The molecule has 0 saturated carbocycles.